The molecule has 1 N–H and O–H groups in total. The number of nitrogens with one attached hydrogen (secondary N) is 1. The first-order chi connectivity index (χ1) is 14.6. The number of benzene rings is 2. The zero-order valence-electron chi connectivity index (χ0n) is 17.7. The number of methoxy groups -OCH3 is 1. The minimum absolute atomic E-state index is 0.0114. The van der Waals surface area contributed by atoms with Crippen LogP contribution in [0.3, 0.4) is 0 Å². The number of aromatic nitrogens is 3. The quantitative estimate of drug-likeness (QED) is 0.386. The van der Waals surface area contributed by atoms with Gasteiger partial charge in [0.15, 0.2) is 11.0 Å². The van der Waals surface area contributed by atoms with Gasteiger partial charge in [0.05, 0.1) is 12.9 Å². The number of thioether (sulfide) groups is 1. The first-order valence-electron chi connectivity index (χ1n) is 10.1. The Morgan fingerprint density at radius 1 is 1.10 bits per heavy atom. The Kier molecular flexibility index (Phi) is 7.90. The molecule has 158 valence electrons. The summed E-state index contributed by atoms with van der Waals surface area (Å²) in [6.45, 7) is 4.84. The van der Waals surface area contributed by atoms with E-state index in [0.29, 0.717) is 12.3 Å². The van der Waals surface area contributed by atoms with Crippen LogP contribution in [0.15, 0.2) is 59.8 Å². The van der Waals surface area contributed by atoms with Crippen LogP contribution < -0.4 is 10.1 Å². The van der Waals surface area contributed by atoms with E-state index in [0.717, 1.165) is 35.1 Å². The van der Waals surface area contributed by atoms with Crippen LogP contribution in [-0.2, 0) is 11.2 Å². The third-order valence-electron chi connectivity index (χ3n) is 4.67. The highest BCUT2D eigenvalue weighted by atomic mass is 32.2. The van der Waals surface area contributed by atoms with Crippen LogP contribution in [-0.4, -0.2) is 40.1 Å². The highest BCUT2D eigenvalue weighted by molar-refractivity contribution is 7.99. The molecule has 0 fully saturated rings. The molecule has 0 saturated carbocycles. The molecular formula is C23H28N4O2S. The van der Waals surface area contributed by atoms with E-state index in [9.17, 15) is 4.79 Å². The first-order valence-corrected chi connectivity index (χ1v) is 11.1. The molecule has 0 radical (unpaired) electrons. The van der Waals surface area contributed by atoms with Gasteiger partial charge in [0, 0.05) is 18.2 Å². The highest BCUT2D eigenvalue weighted by Crippen LogP contribution is 2.28. The standard InChI is InChI=1S/C23H28N4O2S/c1-17(2)27-22(19-11-13-20(29-3)14-12-19)25-26-23(27)30-16-21(28)24-15-7-10-18-8-5-4-6-9-18/h4-6,8-9,11-14,17H,7,10,15-16H2,1-3H3,(H,24,28). The Morgan fingerprint density at radius 3 is 2.50 bits per heavy atom. The Hall–Kier alpha value is -2.80. The first kappa shape index (κ1) is 21.9. The lowest BCUT2D eigenvalue weighted by Crippen LogP contribution is -2.26. The van der Waals surface area contributed by atoms with Crippen molar-refractivity contribution in [2.45, 2.75) is 37.9 Å². The van der Waals surface area contributed by atoms with E-state index in [1.165, 1.54) is 17.3 Å². The number of rotatable bonds is 10. The normalized spacial score (nSPS) is 10.9. The minimum atomic E-state index is 0.0114. The second-order valence-corrected chi connectivity index (χ2v) is 8.17. The summed E-state index contributed by atoms with van der Waals surface area (Å²) in [7, 11) is 1.65. The largest absolute Gasteiger partial charge is 0.497 e. The smallest absolute Gasteiger partial charge is 0.230 e. The summed E-state index contributed by atoms with van der Waals surface area (Å²) in [5, 5.41) is 12.4. The molecule has 6 nitrogen and oxygen atoms in total. The molecular weight excluding hydrogens is 396 g/mol. The molecule has 3 rings (SSSR count). The lowest BCUT2D eigenvalue weighted by molar-refractivity contribution is -0.118. The molecule has 0 atom stereocenters. The van der Waals surface area contributed by atoms with E-state index in [1.54, 1.807) is 7.11 Å². The molecule has 0 aliphatic carbocycles. The van der Waals surface area contributed by atoms with Gasteiger partial charge in [0.2, 0.25) is 5.91 Å². The van der Waals surface area contributed by atoms with Gasteiger partial charge in [-0.2, -0.15) is 0 Å². The molecule has 1 heterocycles. The van der Waals surface area contributed by atoms with Crippen molar-refractivity contribution in [3.63, 3.8) is 0 Å². The van der Waals surface area contributed by atoms with Gasteiger partial charge in [0.25, 0.3) is 0 Å². The average molecular weight is 425 g/mol. The molecule has 0 unspecified atom stereocenters. The van der Waals surface area contributed by atoms with Gasteiger partial charge < -0.3 is 10.1 Å². The topological polar surface area (TPSA) is 69.0 Å². The highest BCUT2D eigenvalue weighted by Gasteiger charge is 2.17. The van der Waals surface area contributed by atoms with Gasteiger partial charge >= 0.3 is 0 Å². The molecule has 0 saturated heterocycles. The Labute approximate surface area is 182 Å². The van der Waals surface area contributed by atoms with Crippen molar-refractivity contribution in [3.8, 4) is 17.1 Å². The second-order valence-electron chi connectivity index (χ2n) is 7.23. The van der Waals surface area contributed by atoms with Crippen molar-refractivity contribution in [1.29, 1.82) is 0 Å². The van der Waals surface area contributed by atoms with Crippen molar-refractivity contribution in [1.82, 2.24) is 20.1 Å². The van der Waals surface area contributed by atoms with Crippen LogP contribution >= 0.6 is 11.8 Å². The number of carbonyl (C=O) groups excluding carboxylic acids is 1. The fraction of sp³-hybridized carbons (Fsp3) is 0.348. The van der Waals surface area contributed by atoms with Gasteiger partial charge in [-0.1, -0.05) is 42.1 Å². The molecule has 3 aromatic rings. The van der Waals surface area contributed by atoms with Crippen molar-refractivity contribution in [3.05, 3.63) is 60.2 Å². The summed E-state index contributed by atoms with van der Waals surface area (Å²) in [6.07, 6.45) is 1.88. The van der Waals surface area contributed by atoms with Gasteiger partial charge in [-0.3, -0.25) is 9.36 Å². The summed E-state index contributed by atoms with van der Waals surface area (Å²) >= 11 is 1.41. The van der Waals surface area contributed by atoms with Crippen LogP contribution in [0.1, 0.15) is 31.9 Å². The molecule has 1 aromatic heterocycles. The number of hydrogen-bond donors (Lipinski definition) is 1. The molecule has 1 amide bonds. The maximum atomic E-state index is 12.3. The number of nitrogens with zero attached hydrogens (tertiary/aromatic N) is 3. The number of aryl methyl sites for hydroxylation is 1. The van der Waals surface area contributed by atoms with Crippen LogP contribution in [0.5, 0.6) is 5.75 Å². The van der Waals surface area contributed by atoms with Crippen LogP contribution in [0.4, 0.5) is 0 Å². The molecule has 0 aliphatic heterocycles. The van der Waals surface area contributed by atoms with E-state index in [1.807, 2.05) is 42.5 Å². The minimum Gasteiger partial charge on any atom is -0.497 e. The molecule has 0 aliphatic rings. The number of amides is 1. The Morgan fingerprint density at radius 2 is 1.83 bits per heavy atom. The summed E-state index contributed by atoms with van der Waals surface area (Å²) in [4.78, 5) is 12.3. The average Bonchev–Trinajstić information content (AvgIpc) is 3.20. The molecule has 2 aromatic carbocycles. The predicted molar refractivity (Wildman–Crippen MR) is 121 cm³/mol. The van der Waals surface area contributed by atoms with E-state index in [4.69, 9.17) is 4.74 Å². The summed E-state index contributed by atoms with van der Waals surface area (Å²) in [5.41, 5.74) is 2.26. The fourth-order valence-electron chi connectivity index (χ4n) is 3.12. The zero-order valence-corrected chi connectivity index (χ0v) is 18.5. The van der Waals surface area contributed by atoms with E-state index in [-0.39, 0.29) is 11.9 Å². The monoisotopic (exact) mass is 424 g/mol. The van der Waals surface area contributed by atoms with E-state index in [2.05, 4.69) is 46.1 Å². The second kappa shape index (κ2) is 10.8. The van der Waals surface area contributed by atoms with Crippen molar-refractivity contribution in [2.24, 2.45) is 0 Å². The molecule has 0 bridgehead atoms. The van der Waals surface area contributed by atoms with E-state index < -0.39 is 0 Å². The molecule has 7 heteroatoms. The number of hydrogen-bond acceptors (Lipinski definition) is 5. The Bertz CT molecular complexity index is 940. The lowest BCUT2D eigenvalue weighted by atomic mass is 10.1. The zero-order chi connectivity index (χ0) is 21.3. The maximum absolute atomic E-state index is 12.3. The van der Waals surface area contributed by atoms with Crippen molar-refractivity contribution >= 4 is 17.7 Å². The van der Waals surface area contributed by atoms with Gasteiger partial charge in [-0.25, -0.2) is 0 Å². The SMILES string of the molecule is COc1ccc(-c2nnc(SCC(=O)NCCCc3ccccc3)n2C(C)C)cc1. The summed E-state index contributed by atoms with van der Waals surface area (Å²) < 4.78 is 7.29. The number of carbonyl (C=O) groups is 1. The van der Waals surface area contributed by atoms with Gasteiger partial charge in [-0.05, 0) is 56.5 Å². The molecule has 0 spiro atoms. The van der Waals surface area contributed by atoms with Crippen molar-refractivity contribution < 1.29 is 9.53 Å². The van der Waals surface area contributed by atoms with E-state index >= 15 is 0 Å². The lowest BCUT2D eigenvalue weighted by Gasteiger charge is -2.14. The van der Waals surface area contributed by atoms with Crippen molar-refractivity contribution in [2.75, 3.05) is 19.4 Å². The van der Waals surface area contributed by atoms with Crippen LogP contribution in [0.2, 0.25) is 0 Å². The van der Waals surface area contributed by atoms with Crippen LogP contribution in [0, 0.1) is 0 Å². The third kappa shape index (κ3) is 5.86. The Balaban J connectivity index is 1.54. The fourth-order valence-corrected chi connectivity index (χ4v) is 4.02. The third-order valence-corrected chi connectivity index (χ3v) is 5.61. The maximum Gasteiger partial charge on any atom is 0.230 e. The summed E-state index contributed by atoms with van der Waals surface area (Å²) in [5.74, 6) is 1.92. The van der Waals surface area contributed by atoms with Gasteiger partial charge in [0.1, 0.15) is 5.75 Å². The van der Waals surface area contributed by atoms with Crippen LogP contribution in [0.25, 0.3) is 11.4 Å². The van der Waals surface area contributed by atoms with Gasteiger partial charge in [-0.15, -0.1) is 10.2 Å². The summed E-state index contributed by atoms with van der Waals surface area (Å²) in [6, 6.07) is 18.2. The predicted octanol–water partition coefficient (Wildman–Crippen LogP) is 4.38. The molecule has 30 heavy (non-hydrogen) atoms. The number of ether oxygens (including phenoxy) is 1.